The fourth-order valence-corrected chi connectivity index (χ4v) is 8.95. The lowest BCUT2D eigenvalue weighted by Crippen LogP contribution is -2.54. The molecule has 218 valence electrons. The Kier molecular flexibility index (Phi) is 6.85. The summed E-state index contributed by atoms with van der Waals surface area (Å²) in [5.74, 6) is -3.68. The molecule has 0 amide bonds. The molecule has 0 aromatic heterocycles. The van der Waals surface area contributed by atoms with Crippen molar-refractivity contribution in [1.29, 1.82) is 0 Å². The smallest absolute Gasteiger partial charge is 0.312 e. The summed E-state index contributed by atoms with van der Waals surface area (Å²) in [5, 5.41) is 0. The van der Waals surface area contributed by atoms with E-state index in [-0.39, 0.29) is 11.8 Å². The summed E-state index contributed by atoms with van der Waals surface area (Å²) in [7, 11) is 1.36. The van der Waals surface area contributed by atoms with Crippen molar-refractivity contribution in [1.82, 2.24) is 0 Å². The molecule has 10 nitrogen and oxygen atoms in total. The molecule has 2 saturated heterocycles. The van der Waals surface area contributed by atoms with Crippen LogP contribution in [0.4, 0.5) is 0 Å². The van der Waals surface area contributed by atoms with E-state index in [0.29, 0.717) is 19.4 Å². The van der Waals surface area contributed by atoms with E-state index in [1.807, 2.05) is 20.8 Å². The van der Waals surface area contributed by atoms with E-state index >= 15 is 0 Å². The van der Waals surface area contributed by atoms with Gasteiger partial charge in [-0.3, -0.25) is 19.2 Å². The van der Waals surface area contributed by atoms with E-state index in [4.69, 9.17) is 28.4 Å². The number of hydrogen-bond acceptors (Lipinski definition) is 10. The quantitative estimate of drug-likeness (QED) is 0.131. The number of hydrogen-bond donors (Lipinski definition) is 0. The minimum atomic E-state index is -0.977. The molecule has 3 aliphatic carbocycles. The number of ether oxygens (including phenoxy) is 6. The Bertz CT molecular complexity index is 1050. The molecule has 0 bridgehead atoms. The van der Waals surface area contributed by atoms with Gasteiger partial charge in [0, 0.05) is 25.7 Å². The Morgan fingerprint density at radius 3 is 2.21 bits per heavy atom. The van der Waals surface area contributed by atoms with Gasteiger partial charge >= 0.3 is 23.9 Å². The third kappa shape index (κ3) is 3.87. The predicted molar refractivity (Wildman–Crippen MR) is 135 cm³/mol. The van der Waals surface area contributed by atoms with Crippen molar-refractivity contribution in [3.63, 3.8) is 0 Å². The second-order valence-electron chi connectivity index (χ2n) is 12.9. The minimum absolute atomic E-state index is 0.226. The van der Waals surface area contributed by atoms with E-state index < -0.39 is 76.2 Å². The van der Waals surface area contributed by atoms with Gasteiger partial charge in [0.15, 0.2) is 6.10 Å². The lowest BCUT2D eigenvalue weighted by molar-refractivity contribution is -0.196. The van der Waals surface area contributed by atoms with Crippen LogP contribution < -0.4 is 0 Å². The van der Waals surface area contributed by atoms with Crippen molar-refractivity contribution in [3.8, 4) is 0 Å². The van der Waals surface area contributed by atoms with Crippen LogP contribution in [0.1, 0.15) is 80.1 Å². The van der Waals surface area contributed by atoms with E-state index in [2.05, 4.69) is 6.92 Å². The highest BCUT2D eigenvalue weighted by atomic mass is 16.7. The van der Waals surface area contributed by atoms with Gasteiger partial charge < -0.3 is 28.4 Å². The average Bonchev–Trinajstić information content (AvgIpc) is 3.73. The largest absolute Gasteiger partial charge is 0.469 e. The molecule has 10 unspecified atom stereocenters. The SMILES string of the molecule is CCCCCCC(OC(C)=O)OC(=O)C1C2C(CC1(C)C)C(C(=O)OC)C13OC1C(OC(C)=O)C1(CO1)C23C. The van der Waals surface area contributed by atoms with Crippen molar-refractivity contribution in [2.45, 2.75) is 110 Å². The van der Waals surface area contributed by atoms with Crippen molar-refractivity contribution in [2.24, 2.45) is 34.5 Å². The number of unbranched alkanes of at least 4 members (excludes halogenated alkanes) is 3. The third-order valence-corrected chi connectivity index (χ3v) is 10.4. The van der Waals surface area contributed by atoms with Gasteiger partial charge in [-0.05, 0) is 30.1 Å². The number of rotatable bonds is 10. The molecule has 5 fully saturated rings. The standard InChI is InChI=1S/C29H42O10/c1-8-9-10-11-12-18(36-15(2)30)38-25(33)21-19-17(13-26(21,4)5)20(24(32)34-7)29-23(39-29)22(37-16(3)31)28(14-35-28)27(19,29)6/h17-23H,8-14H2,1-7H3. The molecule has 2 heterocycles. The maximum absolute atomic E-state index is 14.1. The van der Waals surface area contributed by atoms with Crippen molar-refractivity contribution >= 4 is 23.9 Å². The lowest BCUT2D eigenvalue weighted by atomic mass is 9.61. The lowest BCUT2D eigenvalue weighted by Gasteiger charge is -2.43. The maximum atomic E-state index is 14.1. The van der Waals surface area contributed by atoms with Crippen LogP contribution in [-0.4, -0.2) is 67.3 Å². The van der Waals surface area contributed by atoms with Gasteiger partial charge in [0.1, 0.15) is 17.3 Å². The maximum Gasteiger partial charge on any atom is 0.312 e. The van der Waals surface area contributed by atoms with E-state index in [9.17, 15) is 19.2 Å². The van der Waals surface area contributed by atoms with E-state index in [1.54, 1.807) is 0 Å². The van der Waals surface area contributed by atoms with Gasteiger partial charge in [-0.2, -0.15) is 0 Å². The van der Waals surface area contributed by atoms with Crippen LogP contribution in [-0.2, 0) is 47.6 Å². The Morgan fingerprint density at radius 1 is 0.949 bits per heavy atom. The summed E-state index contributed by atoms with van der Waals surface area (Å²) in [5.41, 5.74) is -3.17. The average molecular weight is 551 g/mol. The monoisotopic (exact) mass is 550 g/mol. The van der Waals surface area contributed by atoms with Gasteiger partial charge in [-0.25, -0.2) is 0 Å². The summed E-state index contributed by atoms with van der Waals surface area (Å²) in [4.78, 5) is 51.3. The number of methoxy groups -OCH3 is 1. The molecule has 0 radical (unpaired) electrons. The number of fused-ring (bicyclic) bond motifs is 3. The summed E-state index contributed by atoms with van der Waals surface area (Å²) in [6.45, 7) is 11.1. The summed E-state index contributed by atoms with van der Waals surface area (Å²) in [6, 6.07) is 0. The van der Waals surface area contributed by atoms with Gasteiger partial charge in [0.2, 0.25) is 6.29 Å². The molecule has 2 spiro atoms. The fraction of sp³-hybridized carbons (Fsp3) is 0.862. The molecule has 2 aliphatic heterocycles. The fourth-order valence-electron chi connectivity index (χ4n) is 8.95. The first-order valence-electron chi connectivity index (χ1n) is 14.3. The predicted octanol–water partition coefficient (Wildman–Crippen LogP) is 3.33. The third-order valence-electron chi connectivity index (χ3n) is 10.4. The van der Waals surface area contributed by atoms with Crippen LogP contribution in [0.15, 0.2) is 0 Å². The summed E-state index contributed by atoms with van der Waals surface area (Å²) >= 11 is 0. The highest BCUT2D eigenvalue weighted by Gasteiger charge is 2.98. The molecule has 5 aliphatic rings. The zero-order valence-corrected chi connectivity index (χ0v) is 24.1. The molecule has 5 rings (SSSR count). The molecule has 10 atom stereocenters. The second kappa shape index (κ2) is 9.43. The Balaban J connectivity index is 1.50. The molecule has 0 aromatic rings. The van der Waals surface area contributed by atoms with Gasteiger partial charge in [0.05, 0.1) is 25.6 Å². The van der Waals surface area contributed by atoms with Gasteiger partial charge in [-0.15, -0.1) is 0 Å². The second-order valence-corrected chi connectivity index (χ2v) is 12.9. The number of carbonyl (C=O) groups is 4. The molecule has 0 aromatic carbocycles. The topological polar surface area (TPSA) is 130 Å². The van der Waals surface area contributed by atoms with Crippen molar-refractivity contribution in [2.75, 3.05) is 13.7 Å². The highest BCUT2D eigenvalue weighted by Crippen LogP contribution is 2.85. The Labute approximate surface area is 229 Å². The Morgan fingerprint density at radius 2 is 1.64 bits per heavy atom. The van der Waals surface area contributed by atoms with Crippen LogP contribution in [0.5, 0.6) is 0 Å². The molecule has 39 heavy (non-hydrogen) atoms. The highest BCUT2D eigenvalue weighted by molar-refractivity contribution is 5.81. The number of esters is 4. The van der Waals surface area contributed by atoms with Crippen LogP contribution >= 0.6 is 0 Å². The van der Waals surface area contributed by atoms with Crippen LogP contribution in [0.25, 0.3) is 0 Å². The molecular weight excluding hydrogens is 508 g/mol. The molecule has 10 heteroatoms. The number of carbonyl (C=O) groups excluding carboxylic acids is 4. The van der Waals surface area contributed by atoms with E-state index in [0.717, 1.165) is 25.7 Å². The molecule has 0 N–H and O–H groups in total. The first-order valence-corrected chi connectivity index (χ1v) is 14.3. The Hall–Kier alpha value is -2.20. The van der Waals surface area contributed by atoms with Gasteiger partial charge in [0.25, 0.3) is 0 Å². The molecule has 3 saturated carbocycles. The first kappa shape index (κ1) is 28.3. The normalized spacial score (nSPS) is 42.6. The summed E-state index contributed by atoms with van der Waals surface area (Å²) in [6.07, 6.45) is 2.64. The van der Waals surface area contributed by atoms with Crippen molar-refractivity contribution in [3.05, 3.63) is 0 Å². The van der Waals surface area contributed by atoms with Crippen LogP contribution in [0.3, 0.4) is 0 Å². The zero-order valence-electron chi connectivity index (χ0n) is 24.1. The van der Waals surface area contributed by atoms with Crippen LogP contribution in [0.2, 0.25) is 0 Å². The van der Waals surface area contributed by atoms with E-state index in [1.165, 1.54) is 21.0 Å². The number of epoxide rings is 2. The summed E-state index contributed by atoms with van der Waals surface area (Å²) < 4.78 is 34.9. The first-order chi connectivity index (χ1) is 18.3. The minimum Gasteiger partial charge on any atom is -0.469 e. The van der Waals surface area contributed by atoms with Crippen molar-refractivity contribution < 1.29 is 47.6 Å². The van der Waals surface area contributed by atoms with Crippen LogP contribution in [0, 0.1) is 34.5 Å². The molecular formula is C29H42O10. The van der Waals surface area contributed by atoms with Gasteiger partial charge in [-0.1, -0.05) is 47.0 Å². The zero-order chi connectivity index (χ0) is 28.5.